The van der Waals surface area contributed by atoms with Gasteiger partial charge >= 0.3 is 0 Å². The quantitative estimate of drug-likeness (QED) is 0.461. The number of rotatable bonds is 6. The Morgan fingerprint density at radius 3 is 2.70 bits per heavy atom. The monoisotopic (exact) mass is 416 g/mol. The first-order valence-electron chi connectivity index (χ1n) is 9.83. The van der Waals surface area contributed by atoms with Crippen molar-refractivity contribution in [2.45, 2.75) is 18.4 Å². The molecule has 0 aliphatic carbocycles. The van der Waals surface area contributed by atoms with E-state index in [4.69, 9.17) is 0 Å². The van der Waals surface area contributed by atoms with E-state index in [2.05, 4.69) is 11.1 Å². The maximum Gasteiger partial charge on any atom is 0.264 e. The molecule has 0 saturated heterocycles. The van der Waals surface area contributed by atoms with Crippen molar-refractivity contribution in [3.8, 4) is 0 Å². The Balaban J connectivity index is 1.43. The van der Waals surface area contributed by atoms with Crippen LogP contribution >= 0.6 is 11.3 Å². The molecule has 150 valence electrons. The molecule has 0 radical (unpaired) electrons. The number of aromatic nitrogens is 1. The first-order valence-corrected chi connectivity index (χ1v) is 10.7. The smallest absolute Gasteiger partial charge is 0.264 e. The zero-order chi connectivity index (χ0) is 20.7. The van der Waals surface area contributed by atoms with E-state index in [1.807, 2.05) is 41.9 Å². The predicted molar refractivity (Wildman–Crippen MR) is 118 cm³/mol. The highest BCUT2D eigenvalue weighted by Crippen LogP contribution is 2.43. The van der Waals surface area contributed by atoms with Crippen molar-refractivity contribution in [1.29, 1.82) is 0 Å². The number of anilines is 1. The molecule has 1 aliphatic rings. The fourth-order valence-corrected chi connectivity index (χ4v) is 4.89. The van der Waals surface area contributed by atoms with E-state index in [0.717, 1.165) is 16.5 Å². The Hall–Kier alpha value is -3.22. The van der Waals surface area contributed by atoms with E-state index < -0.39 is 11.5 Å². The van der Waals surface area contributed by atoms with E-state index in [9.17, 15) is 14.7 Å². The molecule has 1 unspecified atom stereocenters. The Labute approximate surface area is 177 Å². The van der Waals surface area contributed by atoms with Crippen LogP contribution in [0.3, 0.4) is 0 Å². The lowest BCUT2D eigenvalue weighted by Gasteiger charge is -2.22. The third-order valence-electron chi connectivity index (χ3n) is 5.73. The van der Waals surface area contributed by atoms with Crippen molar-refractivity contribution in [3.63, 3.8) is 0 Å². The van der Waals surface area contributed by atoms with Gasteiger partial charge in [-0.25, -0.2) is 0 Å². The summed E-state index contributed by atoms with van der Waals surface area (Å²) in [4.78, 5) is 31.4. The van der Waals surface area contributed by atoms with Gasteiger partial charge in [0.25, 0.3) is 5.91 Å². The molecular weight excluding hydrogens is 396 g/mol. The Morgan fingerprint density at radius 1 is 1.07 bits per heavy atom. The van der Waals surface area contributed by atoms with Gasteiger partial charge in [0, 0.05) is 29.2 Å². The first kappa shape index (κ1) is 18.8. The van der Waals surface area contributed by atoms with Crippen LogP contribution in [0.4, 0.5) is 5.69 Å². The lowest BCUT2D eigenvalue weighted by atomic mass is 9.89. The van der Waals surface area contributed by atoms with Gasteiger partial charge in [-0.1, -0.05) is 42.5 Å². The Bertz CT molecular complexity index is 1240. The van der Waals surface area contributed by atoms with Crippen LogP contribution in [0, 0.1) is 0 Å². The van der Waals surface area contributed by atoms with Gasteiger partial charge in [-0.05, 0) is 35.6 Å². The number of para-hydroxylation sites is 2. The van der Waals surface area contributed by atoms with Gasteiger partial charge in [-0.15, -0.1) is 11.3 Å². The molecule has 1 amide bonds. The summed E-state index contributed by atoms with van der Waals surface area (Å²) in [5.74, 6) is -0.664. The SMILES string of the molecule is O=C(CC1(O)C(=O)N(CCc2c[nH]c3ccccc23)c2ccccc21)c1cccs1. The number of fused-ring (bicyclic) bond motifs is 2. The Morgan fingerprint density at radius 2 is 1.87 bits per heavy atom. The number of carbonyl (C=O) groups excluding carboxylic acids is 2. The second-order valence-electron chi connectivity index (χ2n) is 7.52. The molecule has 4 aromatic rings. The van der Waals surface area contributed by atoms with Crippen LogP contribution in [-0.4, -0.2) is 28.3 Å². The van der Waals surface area contributed by atoms with Crippen LogP contribution in [0.1, 0.15) is 27.2 Å². The van der Waals surface area contributed by atoms with Crippen molar-refractivity contribution in [2.75, 3.05) is 11.4 Å². The van der Waals surface area contributed by atoms with Crippen LogP contribution in [0.5, 0.6) is 0 Å². The van der Waals surface area contributed by atoms with Gasteiger partial charge in [-0.2, -0.15) is 0 Å². The number of nitrogens with zero attached hydrogens (tertiary/aromatic N) is 1. The molecule has 5 rings (SSSR count). The minimum atomic E-state index is -1.84. The highest BCUT2D eigenvalue weighted by molar-refractivity contribution is 7.12. The topological polar surface area (TPSA) is 73.4 Å². The number of aromatic amines is 1. The summed E-state index contributed by atoms with van der Waals surface area (Å²) in [6.07, 6.45) is 2.34. The van der Waals surface area contributed by atoms with Gasteiger partial charge in [0.05, 0.1) is 17.0 Å². The lowest BCUT2D eigenvalue weighted by molar-refractivity contribution is -0.135. The minimum absolute atomic E-state index is 0.228. The standard InChI is InChI=1S/C24H20N2O3S/c27-21(22-10-5-13-30-22)14-24(29)18-7-2-4-9-20(18)26(23(24)28)12-11-16-15-25-19-8-3-1-6-17(16)19/h1-10,13,15,25,29H,11-12,14H2. The molecule has 0 spiro atoms. The fourth-order valence-electron chi connectivity index (χ4n) is 4.23. The molecular formula is C24H20N2O3S. The summed E-state index contributed by atoms with van der Waals surface area (Å²) >= 11 is 1.32. The van der Waals surface area contributed by atoms with Crippen molar-refractivity contribution < 1.29 is 14.7 Å². The van der Waals surface area contributed by atoms with Crippen molar-refractivity contribution in [1.82, 2.24) is 4.98 Å². The second kappa shape index (κ2) is 7.23. The molecule has 30 heavy (non-hydrogen) atoms. The van der Waals surface area contributed by atoms with Crippen LogP contribution in [0.2, 0.25) is 0 Å². The minimum Gasteiger partial charge on any atom is -0.375 e. The summed E-state index contributed by atoms with van der Waals surface area (Å²) in [5, 5.41) is 14.3. The largest absolute Gasteiger partial charge is 0.375 e. The van der Waals surface area contributed by atoms with Gasteiger partial charge in [-0.3, -0.25) is 9.59 Å². The van der Waals surface area contributed by atoms with Crippen LogP contribution < -0.4 is 4.90 Å². The van der Waals surface area contributed by atoms with Crippen LogP contribution in [0.15, 0.2) is 72.2 Å². The summed E-state index contributed by atoms with van der Waals surface area (Å²) < 4.78 is 0. The van der Waals surface area contributed by atoms with E-state index in [1.165, 1.54) is 11.3 Å². The highest BCUT2D eigenvalue weighted by Gasteiger charge is 2.50. The van der Waals surface area contributed by atoms with E-state index in [1.54, 1.807) is 29.2 Å². The lowest BCUT2D eigenvalue weighted by Crippen LogP contribution is -2.42. The van der Waals surface area contributed by atoms with Crippen molar-refractivity contribution >= 4 is 39.6 Å². The third kappa shape index (κ3) is 2.96. The van der Waals surface area contributed by atoms with E-state index in [-0.39, 0.29) is 12.2 Å². The van der Waals surface area contributed by atoms with Gasteiger partial charge < -0.3 is 15.0 Å². The molecule has 2 aromatic heterocycles. The number of carbonyl (C=O) groups is 2. The number of H-pyrrole nitrogens is 1. The fraction of sp³-hybridized carbons (Fsp3) is 0.167. The number of hydrogen-bond donors (Lipinski definition) is 2. The Kier molecular flexibility index (Phi) is 4.53. The zero-order valence-electron chi connectivity index (χ0n) is 16.2. The van der Waals surface area contributed by atoms with Crippen molar-refractivity contribution in [3.05, 3.63) is 88.2 Å². The maximum atomic E-state index is 13.3. The maximum absolute atomic E-state index is 13.3. The summed E-state index contributed by atoms with van der Waals surface area (Å²) in [5.41, 5.74) is 1.50. The number of thiophene rings is 1. The molecule has 1 atom stereocenters. The van der Waals surface area contributed by atoms with Crippen LogP contribution in [-0.2, 0) is 16.8 Å². The molecule has 1 aliphatic heterocycles. The van der Waals surface area contributed by atoms with Gasteiger partial charge in [0.15, 0.2) is 11.4 Å². The summed E-state index contributed by atoms with van der Waals surface area (Å²) in [7, 11) is 0. The van der Waals surface area contributed by atoms with E-state index in [0.29, 0.717) is 29.1 Å². The van der Waals surface area contributed by atoms with Crippen LogP contribution in [0.25, 0.3) is 10.9 Å². The normalized spacial score (nSPS) is 18.2. The second-order valence-corrected chi connectivity index (χ2v) is 8.47. The van der Waals surface area contributed by atoms with Crippen molar-refractivity contribution in [2.24, 2.45) is 0 Å². The number of nitrogens with one attached hydrogen (secondary N) is 1. The number of ketones is 1. The molecule has 0 fully saturated rings. The highest BCUT2D eigenvalue weighted by atomic mass is 32.1. The third-order valence-corrected chi connectivity index (χ3v) is 6.64. The van der Waals surface area contributed by atoms with E-state index >= 15 is 0 Å². The summed E-state index contributed by atoms with van der Waals surface area (Å²) in [6.45, 7) is 0.424. The average molecular weight is 417 g/mol. The first-order chi connectivity index (χ1) is 14.6. The van der Waals surface area contributed by atoms with Gasteiger partial charge in [0.1, 0.15) is 0 Å². The molecule has 2 N–H and O–H groups in total. The van der Waals surface area contributed by atoms with Gasteiger partial charge in [0.2, 0.25) is 0 Å². The zero-order valence-corrected chi connectivity index (χ0v) is 17.0. The predicted octanol–water partition coefficient (Wildman–Crippen LogP) is 4.28. The number of benzene rings is 2. The number of Topliss-reactive ketones (excluding diaryl/α,β-unsaturated/α-hetero) is 1. The molecule has 5 nitrogen and oxygen atoms in total. The molecule has 2 aromatic carbocycles. The molecule has 0 saturated carbocycles. The molecule has 0 bridgehead atoms. The summed E-state index contributed by atoms with van der Waals surface area (Å²) in [6, 6.07) is 18.8. The number of hydrogen-bond acceptors (Lipinski definition) is 4. The number of aliphatic hydroxyl groups is 1. The average Bonchev–Trinajstić information content (AvgIpc) is 3.48. The number of amides is 1. The molecule has 3 heterocycles. The molecule has 6 heteroatoms.